The summed E-state index contributed by atoms with van der Waals surface area (Å²) < 4.78 is 90.3. The molecule has 10 nitrogen and oxygen atoms in total. The quantitative estimate of drug-likeness (QED) is 0.225. The molecule has 0 radical (unpaired) electrons. The second-order valence-corrected chi connectivity index (χ2v) is 14.2. The van der Waals surface area contributed by atoms with Crippen LogP contribution >= 0.6 is 11.6 Å². The molecule has 0 atom stereocenters. The van der Waals surface area contributed by atoms with Crippen LogP contribution in [0.25, 0.3) is 0 Å². The Balaban J connectivity index is 1.43. The summed E-state index contributed by atoms with van der Waals surface area (Å²) in [5.74, 6) is -3.68. The predicted molar refractivity (Wildman–Crippen MR) is 161 cm³/mol. The molecular weight excluding hydrogens is 637 g/mol. The van der Waals surface area contributed by atoms with Crippen LogP contribution < -0.4 is 18.7 Å². The molecule has 15 heteroatoms. The first-order valence-corrected chi connectivity index (χ1v) is 15.7. The first kappa shape index (κ1) is 32.5. The van der Waals surface area contributed by atoms with Crippen molar-refractivity contribution >= 4 is 39.2 Å². The normalized spacial score (nSPS) is 15.8. The summed E-state index contributed by atoms with van der Waals surface area (Å²) in [6.45, 7) is 6.27. The summed E-state index contributed by atoms with van der Waals surface area (Å²) in [5.41, 5.74) is -0.686. The van der Waals surface area contributed by atoms with E-state index in [4.69, 9.17) is 25.8 Å². The number of nitrogens with zero attached hydrogens (tertiary/aromatic N) is 4. The van der Waals surface area contributed by atoms with Gasteiger partial charge in [-0.3, -0.25) is 0 Å². The van der Waals surface area contributed by atoms with Crippen LogP contribution in [-0.4, -0.2) is 70.4 Å². The van der Waals surface area contributed by atoms with Crippen molar-refractivity contribution in [2.75, 3.05) is 49.6 Å². The topological polar surface area (TPSA) is 102 Å². The lowest BCUT2D eigenvalue weighted by Gasteiger charge is -2.60. The fourth-order valence-electron chi connectivity index (χ4n) is 5.46. The molecule has 0 unspecified atom stereocenters. The van der Waals surface area contributed by atoms with Gasteiger partial charge in [0, 0.05) is 49.3 Å². The molecule has 0 bridgehead atoms. The fraction of sp³-hybridized carbons (Fsp3) is 0.400. The van der Waals surface area contributed by atoms with Gasteiger partial charge in [0.2, 0.25) is 5.95 Å². The molecule has 45 heavy (non-hydrogen) atoms. The molecule has 5 rings (SSSR count). The Morgan fingerprint density at radius 3 is 2.33 bits per heavy atom. The van der Waals surface area contributed by atoms with Crippen LogP contribution in [0.2, 0.25) is 5.02 Å². The number of amides is 1. The Morgan fingerprint density at radius 2 is 1.73 bits per heavy atom. The van der Waals surface area contributed by atoms with Gasteiger partial charge >= 0.3 is 6.09 Å². The van der Waals surface area contributed by atoms with Crippen LogP contribution in [0.1, 0.15) is 26.3 Å². The molecule has 1 spiro atoms. The highest BCUT2D eigenvalue weighted by atomic mass is 35.5. The maximum absolute atomic E-state index is 15.9. The number of methoxy groups -OCH3 is 2. The molecule has 3 aromatic rings. The largest absolute Gasteiger partial charge is 0.497 e. The van der Waals surface area contributed by atoms with Crippen LogP contribution in [0.4, 0.5) is 29.5 Å². The Morgan fingerprint density at radius 1 is 1.04 bits per heavy atom. The average molecular weight is 669 g/mol. The highest BCUT2D eigenvalue weighted by Gasteiger charge is 2.54. The van der Waals surface area contributed by atoms with Crippen molar-refractivity contribution in [3.63, 3.8) is 0 Å². The summed E-state index contributed by atoms with van der Waals surface area (Å²) in [6, 6.07) is 8.83. The lowest BCUT2D eigenvalue weighted by atomic mass is 9.73. The van der Waals surface area contributed by atoms with E-state index in [-0.39, 0.29) is 22.4 Å². The number of hydrogen-bond acceptors (Lipinski definition) is 8. The van der Waals surface area contributed by atoms with Crippen molar-refractivity contribution in [1.29, 1.82) is 0 Å². The van der Waals surface area contributed by atoms with Gasteiger partial charge in [-0.2, -0.15) is 4.39 Å². The van der Waals surface area contributed by atoms with Crippen molar-refractivity contribution in [2.45, 2.75) is 37.8 Å². The van der Waals surface area contributed by atoms with Gasteiger partial charge in [-0.15, -0.1) is 0 Å². The first-order chi connectivity index (χ1) is 21.1. The fourth-order valence-corrected chi connectivity index (χ4v) is 7.29. The van der Waals surface area contributed by atoms with Crippen molar-refractivity contribution in [1.82, 2.24) is 9.88 Å². The smallest absolute Gasteiger partial charge is 0.410 e. The second kappa shape index (κ2) is 11.8. The summed E-state index contributed by atoms with van der Waals surface area (Å²) in [5, 5.41) is -0.595. The number of halogens is 4. The minimum absolute atomic E-state index is 0.0285. The minimum Gasteiger partial charge on any atom is -0.497 e. The van der Waals surface area contributed by atoms with Crippen LogP contribution in [0.15, 0.2) is 47.4 Å². The van der Waals surface area contributed by atoms with Crippen molar-refractivity contribution in [2.24, 2.45) is 5.41 Å². The van der Waals surface area contributed by atoms with Crippen molar-refractivity contribution < 1.29 is 40.6 Å². The third-order valence-corrected chi connectivity index (χ3v) is 9.65. The zero-order chi connectivity index (χ0) is 32.9. The third kappa shape index (κ3) is 6.30. The highest BCUT2D eigenvalue weighted by molar-refractivity contribution is 7.92. The summed E-state index contributed by atoms with van der Waals surface area (Å²) in [7, 11) is -2.28. The van der Waals surface area contributed by atoms with Gasteiger partial charge in [0.1, 0.15) is 33.8 Å². The number of likely N-dealkylation sites (tertiary alicyclic amines) is 1. The third-order valence-electron chi connectivity index (χ3n) is 7.51. The van der Waals surface area contributed by atoms with Crippen LogP contribution in [0.5, 0.6) is 11.5 Å². The van der Waals surface area contributed by atoms with Gasteiger partial charge in [0.05, 0.1) is 26.5 Å². The van der Waals surface area contributed by atoms with Crippen LogP contribution in [-0.2, 0) is 21.3 Å². The molecule has 0 saturated carbocycles. The van der Waals surface area contributed by atoms with E-state index in [1.54, 1.807) is 36.6 Å². The monoisotopic (exact) mass is 668 g/mol. The van der Waals surface area contributed by atoms with E-state index in [2.05, 4.69) is 4.98 Å². The Kier molecular flexibility index (Phi) is 8.51. The zero-order valence-electron chi connectivity index (χ0n) is 25.2. The zero-order valence-corrected chi connectivity index (χ0v) is 26.8. The molecule has 0 aliphatic carbocycles. The maximum atomic E-state index is 15.9. The number of hydrogen-bond donors (Lipinski definition) is 0. The Bertz CT molecular complexity index is 1740. The summed E-state index contributed by atoms with van der Waals surface area (Å²) >= 11 is 6.35. The number of pyridine rings is 1. The van der Waals surface area contributed by atoms with Crippen LogP contribution in [0.3, 0.4) is 0 Å². The molecule has 2 saturated heterocycles. The molecule has 2 aromatic carbocycles. The van der Waals surface area contributed by atoms with Gasteiger partial charge < -0.3 is 24.0 Å². The number of sulfonamides is 1. The van der Waals surface area contributed by atoms with E-state index in [1.165, 1.54) is 38.5 Å². The van der Waals surface area contributed by atoms with Gasteiger partial charge in [-0.25, -0.2) is 31.3 Å². The molecular formula is C30H32ClF3N4O6S. The average Bonchev–Trinajstić information content (AvgIpc) is 2.91. The number of anilines is 2. The van der Waals surface area contributed by atoms with E-state index in [0.29, 0.717) is 36.2 Å². The van der Waals surface area contributed by atoms with E-state index in [1.807, 2.05) is 0 Å². The van der Waals surface area contributed by atoms with Gasteiger partial charge in [0.25, 0.3) is 10.0 Å². The molecule has 1 aromatic heterocycles. The molecule has 2 fully saturated rings. The lowest BCUT2D eigenvalue weighted by Crippen LogP contribution is -2.73. The lowest BCUT2D eigenvalue weighted by molar-refractivity contribution is -0.0453. The van der Waals surface area contributed by atoms with Crippen molar-refractivity contribution in [3.8, 4) is 11.5 Å². The molecule has 2 aliphatic heterocycles. The molecule has 2 aliphatic rings. The maximum Gasteiger partial charge on any atom is 0.410 e. The molecule has 1 amide bonds. The van der Waals surface area contributed by atoms with Crippen LogP contribution in [0, 0.1) is 23.0 Å². The number of carbonyl (C=O) groups is 1. The van der Waals surface area contributed by atoms with E-state index in [9.17, 15) is 17.6 Å². The molecule has 0 N–H and O–H groups in total. The number of rotatable bonds is 8. The predicted octanol–water partition coefficient (Wildman–Crippen LogP) is 5.62. The standard InChI is InChI=1S/C30H32ClF3N4O6S/c1-29(2,3)44-28(39)37-16-30(17-37)14-36(15-30)21-12-20(32)27(26(34)25(21)31)45(40,41)38(24-8-6-7-23(33)35-24)13-18-9-10-19(42-4)11-22(18)43-5/h6-12H,13-17H2,1-5H3. The van der Waals surface area contributed by atoms with Gasteiger partial charge in [-0.05, 0) is 45.0 Å². The SMILES string of the molecule is COc1ccc(CN(c2cccc(F)n2)S(=O)(=O)c2c(F)cc(N3CC4(CN(C(=O)OC(C)(C)C)C4)C3)c(Cl)c2F)c(OC)c1. The molecule has 3 heterocycles. The number of aromatic nitrogens is 1. The van der Waals surface area contributed by atoms with Gasteiger partial charge in [0.15, 0.2) is 10.7 Å². The van der Waals surface area contributed by atoms with E-state index in [0.717, 1.165) is 12.1 Å². The number of carbonyl (C=O) groups excluding carboxylic acids is 1. The number of ether oxygens (including phenoxy) is 3. The first-order valence-electron chi connectivity index (χ1n) is 13.8. The van der Waals surface area contributed by atoms with E-state index >= 15 is 8.78 Å². The Hall–Kier alpha value is -3.91. The second-order valence-electron chi connectivity index (χ2n) is 12.0. The molecule has 242 valence electrons. The van der Waals surface area contributed by atoms with Gasteiger partial charge in [-0.1, -0.05) is 17.7 Å². The highest BCUT2D eigenvalue weighted by Crippen LogP contribution is 2.46. The summed E-state index contributed by atoms with van der Waals surface area (Å²) in [6.07, 6.45) is -0.444. The minimum atomic E-state index is -5.07. The van der Waals surface area contributed by atoms with E-state index < -0.39 is 61.6 Å². The van der Waals surface area contributed by atoms with Crippen molar-refractivity contribution in [3.05, 3.63) is 70.6 Å². The number of benzene rings is 2. The Labute approximate surface area is 264 Å². The summed E-state index contributed by atoms with van der Waals surface area (Å²) in [4.78, 5) is 17.8.